The predicted molar refractivity (Wildman–Crippen MR) is 151 cm³/mol. The Labute approximate surface area is 226 Å². The van der Waals surface area contributed by atoms with Crippen LogP contribution in [0.25, 0.3) is 11.0 Å². The van der Waals surface area contributed by atoms with Crippen molar-refractivity contribution in [2.24, 2.45) is 29.1 Å². The molecule has 3 aliphatic carbocycles. The number of piperidine rings is 1. The Morgan fingerprint density at radius 2 is 1.89 bits per heavy atom. The summed E-state index contributed by atoms with van der Waals surface area (Å²) in [6.07, 6.45) is 9.85. The summed E-state index contributed by atoms with van der Waals surface area (Å²) in [6.45, 7) is 10.2. The number of nitrogens with zero attached hydrogens (tertiary/aromatic N) is 4. The van der Waals surface area contributed by atoms with Gasteiger partial charge in [-0.05, 0) is 86.8 Å². The molecular weight excluding hydrogens is 476 g/mol. The van der Waals surface area contributed by atoms with E-state index >= 15 is 0 Å². The number of para-hydroxylation sites is 2. The van der Waals surface area contributed by atoms with Gasteiger partial charge in [-0.15, -0.1) is 0 Å². The van der Waals surface area contributed by atoms with Gasteiger partial charge in [0.25, 0.3) is 5.56 Å². The number of hydrogen-bond donors (Lipinski definition) is 1. The lowest BCUT2D eigenvalue weighted by Crippen LogP contribution is -2.54. The SMILES string of the molecule is CCC[C@@H]1C[C@H](n2c(=O)c(N3CC(C(=O)O)C3)nc3ccccc32)CCN1CC[C@@H]1CC[C@H]2C[C@@H]1C2(C)C. The number of carboxylic acid groups (broad SMARTS) is 1. The molecule has 2 aliphatic heterocycles. The average molecular weight is 521 g/mol. The lowest BCUT2D eigenvalue weighted by Gasteiger charge is -2.60. The Morgan fingerprint density at radius 1 is 1.11 bits per heavy atom. The van der Waals surface area contributed by atoms with Crippen molar-refractivity contribution < 1.29 is 9.90 Å². The maximum absolute atomic E-state index is 13.9. The Balaban J connectivity index is 1.21. The van der Waals surface area contributed by atoms with Crippen LogP contribution in [0.1, 0.15) is 78.2 Å². The summed E-state index contributed by atoms with van der Waals surface area (Å²) in [4.78, 5) is 34.5. The summed E-state index contributed by atoms with van der Waals surface area (Å²) in [6, 6.07) is 8.56. The molecule has 0 radical (unpaired) electrons. The Morgan fingerprint density at radius 3 is 2.61 bits per heavy atom. The summed E-state index contributed by atoms with van der Waals surface area (Å²) < 4.78 is 2.00. The second-order valence-corrected chi connectivity index (χ2v) is 13.2. The van der Waals surface area contributed by atoms with E-state index in [-0.39, 0.29) is 11.6 Å². The first-order valence-electron chi connectivity index (χ1n) is 15.0. The Hall–Kier alpha value is -2.41. The molecule has 7 rings (SSSR count). The number of anilines is 1. The molecule has 1 N–H and O–H groups in total. The molecule has 1 aromatic heterocycles. The standard InChI is InChI=1S/C31H44N4O3/c1-4-7-23-17-24(13-15-33(23)14-12-20-10-11-22-16-25(20)31(22,2)3)35-27-9-6-5-8-26(27)32-28(29(35)36)34-18-21(19-34)30(37)38/h5-6,8-9,20-25H,4,7,10-19H2,1-3H3,(H,37,38)/t20-,22-,23+,24+,25-/m0/s1. The highest BCUT2D eigenvalue weighted by atomic mass is 16.4. The first kappa shape index (κ1) is 25.8. The molecule has 2 aromatic rings. The van der Waals surface area contributed by atoms with Gasteiger partial charge in [-0.25, -0.2) is 4.98 Å². The fourth-order valence-corrected chi connectivity index (χ4v) is 8.40. The fraction of sp³-hybridized carbons (Fsp3) is 0.710. The van der Waals surface area contributed by atoms with Crippen molar-refractivity contribution in [1.82, 2.24) is 14.5 Å². The largest absolute Gasteiger partial charge is 0.481 e. The van der Waals surface area contributed by atoms with E-state index in [1.54, 1.807) is 0 Å². The van der Waals surface area contributed by atoms with Crippen LogP contribution in [-0.4, -0.2) is 57.7 Å². The van der Waals surface area contributed by atoms with E-state index in [0.29, 0.717) is 30.4 Å². The number of carbonyl (C=O) groups is 1. The number of carboxylic acids is 1. The number of rotatable bonds is 8. The van der Waals surface area contributed by atoms with E-state index in [0.717, 1.165) is 61.0 Å². The molecule has 0 amide bonds. The van der Waals surface area contributed by atoms with Gasteiger partial charge in [-0.3, -0.25) is 9.59 Å². The van der Waals surface area contributed by atoms with Gasteiger partial charge >= 0.3 is 5.97 Å². The molecule has 38 heavy (non-hydrogen) atoms. The third kappa shape index (κ3) is 4.35. The first-order chi connectivity index (χ1) is 18.3. The normalized spacial score (nSPS) is 31.1. The van der Waals surface area contributed by atoms with Gasteiger partial charge in [-0.1, -0.05) is 39.3 Å². The molecule has 2 bridgehead atoms. The van der Waals surface area contributed by atoms with Gasteiger partial charge < -0.3 is 19.5 Å². The van der Waals surface area contributed by atoms with Crippen LogP contribution < -0.4 is 10.5 Å². The van der Waals surface area contributed by atoms with E-state index < -0.39 is 11.9 Å². The summed E-state index contributed by atoms with van der Waals surface area (Å²) in [5.41, 5.74) is 2.19. The van der Waals surface area contributed by atoms with Gasteiger partial charge in [0, 0.05) is 31.7 Å². The van der Waals surface area contributed by atoms with Crippen molar-refractivity contribution in [1.29, 1.82) is 0 Å². The molecule has 5 atom stereocenters. The van der Waals surface area contributed by atoms with Crippen molar-refractivity contribution >= 4 is 22.8 Å². The second kappa shape index (κ2) is 9.96. The Bertz CT molecular complexity index is 1250. The van der Waals surface area contributed by atoms with Gasteiger partial charge in [-0.2, -0.15) is 0 Å². The zero-order chi connectivity index (χ0) is 26.6. The van der Waals surface area contributed by atoms with Crippen LogP contribution in [0, 0.1) is 29.1 Å². The zero-order valence-electron chi connectivity index (χ0n) is 23.3. The highest BCUT2D eigenvalue weighted by molar-refractivity contribution is 5.78. The topological polar surface area (TPSA) is 78.7 Å². The lowest BCUT2D eigenvalue weighted by atomic mass is 9.45. The zero-order valence-corrected chi connectivity index (χ0v) is 23.3. The first-order valence-corrected chi connectivity index (χ1v) is 15.0. The maximum atomic E-state index is 13.9. The van der Waals surface area contributed by atoms with E-state index in [2.05, 4.69) is 25.7 Å². The molecule has 0 spiro atoms. The molecule has 3 heterocycles. The van der Waals surface area contributed by atoms with Crippen molar-refractivity contribution in [2.45, 2.75) is 84.2 Å². The third-order valence-corrected chi connectivity index (χ3v) is 10.9. The minimum absolute atomic E-state index is 0.0646. The highest BCUT2D eigenvalue weighted by Gasteiger charge is 2.53. The molecule has 3 saturated carbocycles. The van der Waals surface area contributed by atoms with E-state index in [9.17, 15) is 14.7 Å². The highest BCUT2D eigenvalue weighted by Crippen LogP contribution is 2.62. The molecule has 0 unspecified atom stereocenters. The molecule has 2 saturated heterocycles. The predicted octanol–water partition coefficient (Wildman–Crippen LogP) is 5.19. The summed E-state index contributed by atoms with van der Waals surface area (Å²) in [7, 11) is 0. The summed E-state index contributed by atoms with van der Waals surface area (Å²) >= 11 is 0. The van der Waals surface area contributed by atoms with Crippen LogP contribution >= 0.6 is 0 Å². The maximum Gasteiger partial charge on any atom is 0.310 e. The van der Waals surface area contributed by atoms with Crippen molar-refractivity contribution in [2.75, 3.05) is 31.1 Å². The molecule has 7 nitrogen and oxygen atoms in total. The molecule has 206 valence electrons. The van der Waals surface area contributed by atoms with Crippen molar-refractivity contribution in [3.8, 4) is 0 Å². The van der Waals surface area contributed by atoms with Crippen LogP contribution in [0.3, 0.4) is 0 Å². The quantitative estimate of drug-likeness (QED) is 0.516. The van der Waals surface area contributed by atoms with E-state index in [4.69, 9.17) is 4.98 Å². The van der Waals surface area contributed by atoms with Crippen molar-refractivity contribution in [3.63, 3.8) is 0 Å². The van der Waals surface area contributed by atoms with E-state index in [1.807, 2.05) is 33.7 Å². The Kier molecular flexibility index (Phi) is 6.78. The lowest BCUT2D eigenvalue weighted by molar-refractivity contribution is -0.142. The third-order valence-electron chi connectivity index (χ3n) is 10.9. The number of aromatic nitrogens is 2. The number of fused-ring (bicyclic) bond motifs is 3. The summed E-state index contributed by atoms with van der Waals surface area (Å²) in [5.74, 6) is 1.92. The van der Waals surface area contributed by atoms with Crippen LogP contribution in [0.15, 0.2) is 29.1 Å². The van der Waals surface area contributed by atoms with Crippen LogP contribution in [0.2, 0.25) is 0 Å². The van der Waals surface area contributed by atoms with Crippen LogP contribution in [-0.2, 0) is 4.79 Å². The van der Waals surface area contributed by atoms with Gasteiger partial charge in [0.1, 0.15) is 0 Å². The smallest absolute Gasteiger partial charge is 0.310 e. The fourth-order valence-electron chi connectivity index (χ4n) is 8.40. The van der Waals surface area contributed by atoms with Crippen molar-refractivity contribution in [3.05, 3.63) is 34.6 Å². The number of hydrogen-bond acceptors (Lipinski definition) is 5. The van der Waals surface area contributed by atoms with Gasteiger partial charge in [0.05, 0.1) is 17.0 Å². The number of aliphatic carboxylic acids is 1. The minimum Gasteiger partial charge on any atom is -0.481 e. The molecule has 5 aliphatic rings. The molecular formula is C31H44N4O3. The van der Waals surface area contributed by atoms with Crippen LogP contribution in [0.4, 0.5) is 5.82 Å². The summed E-state index contributed by atoms with van der Waals surface area (Å²) in [5, 5.41) is 9.34. The van der Waals surface area contributed by atoms with Gasteiger partial charge in [0.2, 0.25) is 0 Å². The minimum atomic E-state index is -0.800. The van der Waals surface area contributed by atoms with Gasteiger partial charge in [0.15, 0.2) is 5.82 Å². The van der Waals surface area contributed by atoms with E-state index in [1.165, 1.54) is 32.2 Å². The molecule has 7 heteroatoms. The second-order valence-electron chi connectivity index (χ2n) is 13.2. The molecule has 1 aromatic carbocycles. The average Bonchev–Trinajstić information content (AvgIpc) is 2.87. The number of benzene rings is 1. The number of likely N-dealkylation sites (tertiary alicyclic amines) is 1. The monoisotopic (exact) mass is 520 g/mol. The van der Waals surface area contributed by atoms with Crippen LogP contribution in [0.5, 0.6) is 0 Å². The molecule has 5 fully saturated rings.